The predicted octanol–water partition coefficient (Wildman–Crippen LogP) is 1.74. The van der Waals surface area contributed by atoms with E-state index in [9.17, 15) is 34.8 Å². The van der Waals surface area contributed by atoms with Gasteiger partial charge in [0, 0.05) is 62.1 Å². The fourth-order valence-electron chi connectivity index (χ4n) is 7.18. The molecule has 4 unspecified atom stereocenters. The molecule has 13 nitrogen and oxygen atoms in total. The second-order valence-corrected chi connectivity index (χ2v) is 13.0. The number of benzene rings is 2. The predicted molar refractivity (Wildman–Crippen MR) is 168 cm³/mol. The first-order chi connectivity index (χ1) is 22.2. The van der Waals surface area contributed by atoms with Crippen LogP contribution in [-0.4, -0.2) is 124 Å². The first-order valence-electron chi connectivity index (χ1n) is 15.8. The highest BCUT2D eigenvalue weighted by Gasteiger charge is 2.49. The van der Waals surface area contributed by atoms with E-state index in [2.05, 4.69) is 16.8 Å². The standard InChI is InChI=1S/C34H41N3O10/c1-16-29(39)21(35-18(3)37-11-9-36(4)10-12-37)13-24(46-16)47-23-15-34(44,17(2)38)14-20-26(23)33(43)28-27(31(20)41)30(40)19-7-6-8-22(45-5)25(19)32(28)42/h6-8,16,21,23-24,29,39,41,43-44H,9-15H2,1-5H3/t16?,21-,23-,24?,29?,34?/m0/s1. The second kappa shape index (κ2) is 12.3. The summed E-state index contributed by atoms with van der Waals surface area (Å²) in [5, 5.41) is 45.8. The summed E-state index contributed by atoms with van der Waals surface area (Å²) in [7, 11) is 3.41. The number of hydrogen-bond donors (Lipinski definition) is 4. The number of aliphatic hydroxyl groups excluding tert-OH is 1. The largest absolute Gasteiger partial charge is 0.507 e. The molecular weight excluding hydrogens is 610 g/mol. The highest BCUT2D eigenvalue weighted by Crippen LogP contribution is 2.52. The summed E-state index contributed by atoms with van der Waals surface area (Å²) in [5.41, 5.74) is -3.01. The molecule has 2 aromatic carbocycles. The molecule has 0 bridgehead atoms. The number of nitrogens with zero attached hydrogens (tertiary/aromatic N) is 3. The minimum atomic E-state index is -2.02. The Morgan fingerprint density at radius 2 is 1.72 bits per heavy atom. The molecule has 0 radical (unpaired) electrons. The van der Waals surface area contributed by atoms with Gasteiger partial charge in [0.2, 0.25) is 5.78 Å². The number of Topliss-reactive ketones (excluding diaryl/α,β-unsaturated/α-hetero) is 1. The number of phenolic OH excluding ortho intramolecular Hbond substituents is 2. The van der Waals surface area contributed by atoms with Crippen molar-refractivity contribution in [3.8, 4) is 17.2 Å². The van der Waals surface area contributed by atoms with E-state index in [1.54, 1.807) is 6.92 Å². The molecule has 47 heavy (non-hydrogen) atoms. The number of aromatic hydroxyl groups is 2. The normalized spacial score (nSPS) is 29.6. The summed E-state index contributed by atoms with van der Waals surface area (Å²) < 4.78 is 17.7. The molecule has 0 spiro atoms. The zero-order chi connectivity index (χ0) is 33.9. The average molecular weight is 652 g/mol. The van der Waals surface area contributed by atoms with Crippen molar-refractivity contribution in [1.29, 1.82) is 0 Å². The highest BCUT2D eigenvalue weighted by molar-refractivity contribution is 6.31. The molecule has 2 fully saturated rings. The Kier molecular flexibility index (Phi) is 8.64. The van der Waals surface area contributed by atoms with Crippen molar-refractivity contribution in [2.24, 2.45) is 4.99 Å². The van der Waals surface area contributed by atoms with Crippen LogP contribution in [0.3, 0.4) is 0 Å². The van der Waals surface area contributed by atoms with Crippen LogP contribution >= 0.6 is 0 Å². The van der Waals surface area contributed by atoms with Crippen molar-refractivity contribution < 1.29 is 49.0 Å². The van der Waals surface area contributed by atoms with Gasteiger partial charge in [-0.05, 0) is 33.9 Å². The van der Waals surface area contributed by atoms with E-state index >= 15 is 0 Å². The minimum Gasteiger partial charge on any atom is -0.507 e. The van der Waals surface area contributed by atoms with Gasteiger partial charge in [-0.25, -0.2) is 0 Å². The Labute approximate surface area is 272 Å². The Hall–Kier alpha value is -3.88. The average Bonchev–Trinajstić information content (AvgIpc) is 3.03. The molecule has 2 aliphatic heterocycles. The monoisotopic (exact) mass is 651 g/mol. The van der Waals surface area contributed by atoms with Crippen molar-refractivity contribution in [3.05, 3.63) is 51.6 Å². The van der Waals surface area contributed by atoms with E-state index in [1.165, 1.54) is 32.2 Å². The van der Waals surface area contributed by atoms with Gasteiger partial charge >= 0.3 is 0 Å². The molecule has 252 valence electrons. The van der Waals surface area contributed by atoms with Crippen LogP contribution in [0.5, 0.6) is 17.2 Å². The van der Waals surface area contributed by atoms with Gasteiger partial charge in [-0.2, -0.15) is 0 Å². The number of likely N-dealkylation sites (N-methyl/N-ethyl adjacent to an activating group) is 1. The summed E-state index contributed by atoms with van der Waals surface area (Å²) in [4.78, 5) is 49.6. The summed E-state index contributed by atoms with van der Waals surface area (Å²) in [5.74, 6) is -2.36. The van der Waals surface area contributed by atoms with E-state index in [0.717, 1.165) is 32.0 Å². The Morgan fingerprint density at radius 1 is 1.04 bits per heavy atom. The third kappa shape index (κ3) is 5.59. The number of fused-ring (bicyclic) bond motifs is 3. The van der Waals surface area contributed by atoms with Crippen molar-refractivity contribution in [2.45, 2.75) is 76.3 Å². The number of amidine groups is 1. The lowest BCUT2D eigenvalue weighted by Gasteiger charge is -2.42. The van der Waals surface area contributed by atoms with Gasteiger partial charge in [0.1, 0.15) is 29.0 Å². The molecule has 2 aromatic rings. The molecule has 2 heterocycles. The summed E-state index contributed by atoms with van der Waals surface area (Å²) >= 11 is 0. The van der Waals surface area contributed by atoms with Gasteiger partial charge in [0.05, 0.1) is 47.9 Å². The quantitative estimate of drug-likeness (QED) is 0.179. The summed E-state index contributed by atoms with van der Waals surface area (Å²) in [6.45, 7) is 8.16. The molecule has 0 saturated carbocycles. The van der Waals surface area contributed by atoms with Crippen LogP contribution < -0.4 is 4.74 Å². The molecule has 13 heteroatoms. The Morgan fingerprint density at radius 3 is 2.38 bits per heavy atom. The lowest BCUT2D eigenvalue weighted by molar-refractivity contribution is -0.247. The third-order valence-electron chi connectivity index (χ3n) is 10.0. The molecule has 2 saturated heterocycles. The van der Waals surface area contributed by atoms with Crippen molar-refractivity contribution >= 4 is 23.2 Å². The van der Waals surface area contributed by atoms with Crippen LogP contribution in [0.25, 0.3) is 0 Å². The van der Waals surface area contributed by atoms with Gasteiger partial charge in [-0.3, -0.25) is 19.4 Å². The summed E-state index contributed by atoms with van der Waals surface area (Å²) in [6.07, 6.45) is -4.53. The van der Waals surface area contributed by atoms with Crippen molar-refractivity contribution in [1.82, 2.24) is 9.80 Å². The molecular formula is C34H41N3O10. The number of aliphatic hydroxyl groups is 2. The maximum absolute atomic E-state index is 13.9. The van der Waals surface area contributed by atoms with Crippen LogP contribution in [0.2, 0.25) is 0 Å². The molecule has 4 aliphatic rings. The fourth-order valence-corrected chi connectivity index (χ4v) is 7.18. The van der Waals surface area contributed by atoms with E-state index in [4.69, 9.17) is 19.2 Å². The number of ketones is 3. The van der Waals surface area contributed by atoms with Crippen LogP contribution in [0, 0.1) is 0 Å². The fraction of sp³-hybridized carbons (Fsp3) is 0.529. The SMILES string of the molecule is COc1cccc2c1C(=O)c1c(O)c3c(c(O)c1C2=O)CC(O)(C(C)=O)C[C@@H]3OC1C[C@H](N=C(C)N2CCN(C)CC2)C(O)C(C)O1. The smallest absolute Gasteiger partial charge is 0.202 e. The number of methoxy groups -OCH3 is 1. The number of phenols is 2. The number of aliphatic imine (C=N–C) groups is 1. The molecule has 6 atom stereocenters. The summed E-state index contributed by atoms with van der Waals surface area (Å²) in [6, 6.07) is 3.87. The minimum absolute atomic E-state index is 0.0106. The first-order valence-corrected chi connectivity index (χ1v) is 15.8. The number of rotatable bonds is 5. The number of piperazine rings is 1. The van der Waals surface area contributed by atoms with Gasteiger partial charge in [0.25, 0.3) is 0 Å². The topological polar surface area (TPSA) is 179 Å². The van der Waals surface area contributed by atoms with E-state index < -0.39 is 82.6 Å². The van der Waals surface area contributed by atoms with E-state index in [0.29, 0.717) is 0 Å². The van der Waals surface area contributed by atoms with Crippen LogP contribution in [0.4, 0.5) is 0 Å². The van der Waals surface area contributed by atoms with Crippen molar-refractivity contribution in [3.63, 3.8) is 0 Å². The number of ether oxygens (including phenoxy) is 3. The molecule has 0 aromatic heterocycles. The maximum Gasteiger partial charge on any atom is 0.202 e. The molecule has 4 N–H and O–H groups in total. The number of carbonyl (C=O) groups excluding carboxylic acids is 3. The van der Waals surface area contributed by atoms with Gasteiger partial charge in [-0.1, -0.05) is 12.1 Å². The number of hydrogen-bond acceptors (Lipinski definition) is 12. The van der Waals surface area contributed by atoms with Gasteiger partial charge < -0.3 is 44.4 Å². The molecule has 2 aliphatic carbocycles. The van der Waals surface area contributed by atoms with E-state index in [-0.39, 0.29) is 40.8 Å². The number of carbonyl (C=O) groups is 3. The lowest BCUT2D eigenvalue weighted by atomic mass is 9.72. The van der Waals surface area contributed by atoms with Crippen LogP contribution in [-0.2, 0) is 20.7 Å². The molecule has 6 rings (SSSR count). The zero-order valence-electron chi connectivity index (χ0n) is 27.1. The van der Waals surface area contributed by atoms with Gasteiger partial charge in [0.15, 0.2) is 17.9 Å². The third-order valence-corrected chi connectivity index (χ3v) is 10.0. The highest BCUT2D eigenvalue weighted by atomic mass is 16.7. The molecule has 0 amide bonds. The maximum atomic E-state index is 13.9. The zero-order valence-corrected chi connectivity index (χ0v) is 27.1. The Bertz CT molecular complexity index is 1670. The lowest BCUT2D eigenvalue weighted by Crippen LogP contribution is -2.50. The van der Waals surface area contributed by atoms with Crippen molar-refractivity contribution in [2.75, 3.05) is 40.3 Å². The van der Waals surface area contributed by atoms with E-state index in [1.807, 2.05) is 6.92 Å². The first kappa shape index (κ1) is 33.0. The van der Waals surface area contributed by atoms with Crippen LogP contribution in [0.1, 0.15) is 82.7 Å². The van der Waals surface area contributed by atoms with Gasteiger partial charge in [-0.15, -0.1) is 0 Å². The van der Waals surface area contributed by atoms with Crippen LogP contribution in [0.15, 0.2) is 23.2 Å². The Balaban J connectivity index is 1.39. The second-order valence-electron chi connectivity index (χ2n) is 13.0.